The summed E-state index contributed by atoms with van der Waals surface area (Å²) in [5.41, 5.74) is 0.138. The van der Waals surface area contributed by atoms with Crippen molar-refractivity contribution in [2.24, 2.45) is 23.2 Å². The van der Waals surface area contributed by atoms with E-state index in [1.54, 1.807) is 13.8 Å². The first-order chi connectivity index (χ1) is 8.99. The summed E-state index contributed by atoms with van der Waals surface area (Å²) in [6.07, 6.45) is 0.291. The highest BCUT2D eigenvalue weighted by atomic mass is 16.7. The van der Waals surface area contributed by atoms with Crippen LogP contribution >= 0.6 is 0 Å². The summed E-state index contributed by atoms with van der Waals surface area (Å²) < 4.78 is 11.7. The van der Waals surface area contributed by atoms with E-state index < -0.39 is 5.97 Å². The van der Waals surface area contributed by atoms with Gasteiger partial charge in [0, 0.05) is 11.3 Å². The van der Waals surface area contributed by atoms with E-state index in [-0.39, 0.29) is 17.6 Å². The van der Waals surface area contributed by atoms with Gasteiger partial charge in [0.2, 0.25) is 0 Å². The zero-order valence-electron chi connectivity index (χ0n) is 14.3. The fourth-order valence-corrected chi connectivity index (χ4v) is 2.16. The van der Waals surface area contributed by atoms with Crippen LogP contribution in [0.1, 0.15) is 55.4 Å². The Morgan fingerprint density at radius 1 is 1.10 bits per heavy atom. The first-order valence-electron chi connectivity index (χ1n) is 7.49. The molecule has 1 N–H and O–H groups in total. The summed E-state index contributed by atoms with van der Waals surface area (Å²) in [6.45, 7) is 17.2. The van der Waals surface area contributed by atoms with Crippen LogP contribution in [0.4, 0.5) is 0 Å². The Morgan fingerprint density at radius 3 is 1.85 bits per heavy atom. The van der Waals surface area contributed by atoms with Gasteiger partial charge in [0.25, 0.3) is 0 Å². The molecule has 1 fully saturated rings. The Kier molecular flexibility index (Phi) is 7.74. The largest absolute Gasteiger partial charge is 0.481 e. The molecule has 0 bridgehead atoms. The lowest BCUT2D eigenvalue weighted by atomic mass is 9.80. The maximum atomic E-state index is 9.70. The summed E-state index contributed by atoms with van der Waals surface area (Å²) in [7, 11) is 0. The molecule has 4 nitrogen and oxygen atoms in total. The Bertz CT molecular complexity index is 295. The van der Waals surface area contributed by atoms with Crippen LogP contribution in [0.3, 0.4) is 0 Å². The number of rotatable bonds is 3. The lowest BCUT2D eigenvalue weighted by Crippen LogP contribution is -2.49. The van der Waals surface area contributed by atoms with Gasteiger partial charge < -0.3 is 14.6 Å². The Hall–Kier alpha value is -0.610. The SMILES string of the molecule is CC(C)C(=O)O.CC(C)C1OCC(C)(C)C(C(C)C)O1. The topological polar surface area (TPSA) is 55.8 Å². The van der Waals surface area contributed by atoms with Crippen LogP contribution in [0.5, 0.6) is 0 Å². The van der Waals surface area contributed by atoms with Crippen LogP contribution in [0, 0.1) is 23.2 Å². The minimum atomic E-state index is -0.741. The highest BCUT2D eigenvalue weighted by molar-refractivity contribution is 5.68. The third kappa shape index (κ3) is 6.23. The monoisotopic (exact) mass is 288 g/mol. The van der Waals surface area contributed by atoms with Gasteiger partial charge in [-0.2, -0.15) is 0 Å². The third-order valence-electron chi connectivity index (χ3n) is 3.31. The smallest absolute Gasteiger partial charge is 0.305 e. The molecule has 0 radical (unpaired) electrons. The minimum absolute atomic E-state index is 0.0181. The van der Waals surface area contributed by atoms with Gasteiger partial charge in [-0.1, -0.05) is 55.4 Å². The lowest BCUT2D eigenvalue weighted by Gasteiger charge is -2.45. The molecule has 120 valence electrons. The van der Waals surface area contributed by atoms with Crippen molar-refractivity contribution >= 4 is 5.97 Å². The van der Waals surface area contributed by atoms with Crippen LogP contribution in [0.15, 0.2) is 0 Å². The Morgan fingerprint density at radius 2 is 1.55 bits per heavy atom. The second-order valence-corrected chi connectivity index (χ2v) is 7.21. The predicted molar refractivity (Wildman–Crippen MR) is 80.5 cm³/mol. The molecule has 1 heterocycles. The van der Waals surface area contributed by atoms with Gasteiger partial charge in [0.1, 0.15) is 0 Å². The highest BCUT2D eigenvalue weighted by Crippen LogP contribution is 2.36. The minimum Gasteiger partial charge on any atom is -0.481 e. The van der Waals surface area contributed by atoms with E-state index in [2.05, 4.69) is 41.5 Å². The van der Waals surface area contributed by atoms with Crippen LogP contribution in [0.2, 0.25) is 0 Å². The van der Waals surface area contributed by atoms with E-state index in [9.17, 15) is 4.79 Å². The number of aliphatic carboxylic acids is 1. The first kappa shape index (κ1) is 19.4. The molecule has 0 aromatic heterocycles. The van der Waals surface area contributed by atoms with Gasteiger partial charge in [0.15, 0.2) is 6.29 Å². The molecule has 0 amide bonds. The predicted octanol–water partition coefficient (Wildman–Crippen LogP) is 3.79. The molecule has 1 aliphatic rings. The van der Waals surface area contributed by atoms with Crippen molar-refractivity contribution in [1.82, 2.24) is 0 Å². The van der Waals surface area contributed by atoms with Gasteiger partial charge in [-0.25, -0.2) is 0 Å². The molecular weight excluding hydrogens is 256 g/mol. The second-order valence-electron chi connectivity index (χ2n) is 7.21. The highest BCUT2D eigenvalue weighted by Gasteiger charge is 2.40. The molecule has 1 rings (SSSR count). The van der Waals surface area contributed by atoms with Crippen LogP contribution in [0.25, 0.3) is 0 Å². The van der Waals surface area contributed by atoms with Crippen molar-refractivity contribution in [3.8, 4) is 0 Å². The maximum absolute atomic E-state index is 9.70. The average molecular weight is 288 g/mol. The summed E-state index contributed by atoms with van der Waals surface area (Å²) in [5, 5.41) is 7.99. The molecule has 4 heteroatoms. The van der Waals surface area contributed by atoms with E-state index in [4.69, 9.17) is 14.6 Å². The van der Waals surface area contributed by atoms with E-state index in [0.717, 1.165) is 6.61 Å². The second kappa shape index (κ2) is 7.99. The number of hydrogen-bond acceptors (Lipinski definition) is 3. The van der Waals surface area contributed by atoms with Crippen molar-refractivity contribution in [3.63, 3.8) is 0 Å². The fourth-order valence-electron chi connectivity index (χ4n) is 2.16. The number of hydrogen-bond donors (Lipinski definition) is 1. The first-order valence-corrected chi connectivity index (χ1v) is 7.49. The molecule has 1 saturated heterocycles. The fraction of sp³-hybridized carbons (Fsp3) is 0.938. The average Bonchev–Trinajstić information content (AvgIpc) is 2.28. The molecule has 0 saturated carbocycles. The standard InChI is InChI=1S/C12H24O2.C4H8O2/c1-8(2)10-12(5,6)7-13-11(14-10)9(3)4;1-3(2)4(5)6/h8-11H,7H2,1-6H3;3H,1-2H3,(H,5,6). The van der Waals surface area contributed by atoms with Crippen molar-refractivity contribution < 1.29 is 19.4 Å². The van der Waals surface area contributed by atoms with Gasteiger partial charge in [-0.05, 0) is 5.92 Å². The van der Waals surface area contributed by atoms with Crippen molar-refractivity contribution in [2.75, 3.05) is 6.61 Å². The lowest BCUT2D eigenvalue weighted by molar-refractivity contribution is -0.283. The van der Waals surface area contributed by atoms with E-state index in [1.165, 1.54) is 0 Å². The van der Waals surface area contributed by atoms with Crippen LogP contribution < -0.4 is 0 Å². The number of carbonyl (C=O) groups is 1. The van der Waals surface area contributed by atoms with Gasteiger partial charge in [0.05, 0.1) is 18.6 Å². The molecule has 0 aliphatic carbocycles. The van der Waals surface area contributed by atoms with Crippen molar-refractivity contribution in [2.45, 2.75) is 67.8 Å². The number of carboxylic acid groups (broad SMARTS) is 1. The molecule has 0 spiro atoms. The van der Waals surface area contributed by atoms with E-state index >= 15 is 0 Å². The van der Waals surface area contributed by atoms with Gasteiger partial charge in [-0.3, -0.25) is 4.79 Å². The number of ether oxygens (including phenoxy) is 2. The summed E-state index contributed by atoms with van der Waals surface area (Å²) >= 11 is 0. The molecule has 2 atom stereocenters. The molecule has 1 aliphatic heterocycles. The molecule has 20 heavy (non-hydrogen) atoms. The molecule has 2 unspecified atom stereocenters. The van der Waals surface area contributed by atoms with Gasteiger partial charge >= 0.3 is 5.97 Å². The third-order valence-corrected chi connectivity index (χ3v) is 3.31. The van der Waals surface area contributed by atoms with Crippen molar-refractivity contribution in [1.29, 1.82) is 0 Å². The zero-order chi connectivity index (χ0) is 16.1. The quantitative estimate of drug-likeness (QED) is 0.858. The van der Waals surface area contributed by atoms with E-state index in [1.807, 2.05) is 0 Å². The molecule has 0 aromatic carbocycles. The van der Waals surface area contributed by atoms with Crippen molar-refractivity contribution in [3.05, 3.63) is 0 Å². The molecular formula is C16H32O4. The summed E-state index contributed by atoms with van der Waals surface area (Å²) in [4.78, 5) is 9.70. The Balaban J connectivity index is 0.000000511. The normalized spacial score (nSPS) is 25.6. The summed E-state index contributed by atoms with van der Waals surface area (Å²) in [6, 6.07) is 0. The van der Waals surface area contributed by atoms with Crippen LogP contribution in [-0.2, 0) is 14.3 Å². The van der Waals surface area contributed by atoms with Gasteiger partial charge in [-0.15, -0.1) is 0 Å². The molecule has 0 aromatic rings. The van der Waals surface area contributed by atoms with E-state index in [0.29, 0.717) is 17.9 Å². The number of carboxylic acids is 1. The zero-order valence-corrected chi connectivity index (χ0v) is 14.3. The Labute approximate surface area is 123 Å². The maximum Gasteiger partial charge on any atom is 0.305 e. The van der Waals surface area contributed by atoms with Crippen LogP contribution in [-0.4, -0.2) is 30.1 Å². The summed E-state index contributed by atoms with van der Waals surface area (Å²) in [5.74, 6) is 0.0162.